The summed E-state index contributed by atoms with van der Waals surface area (Å²) in [6.45, 7) is 12.7. The Hall–Kier alpha value is -3.73. The summed E-state index contributed by atoms with van der Waals surface area (Å²) in [7, 11) is 0. The molecule has 0 unspecified atom stereocenters. The molecule has 188 valence electrons. The van der Waals surface area contributed by atoms with Crippen LogP contribution in [0.4, 0.5) is 5.00 Å². The SMILES string of the molecule is Cc1ccc(-n2c(O)c(/C=N/c3sc4c(c3C#N)CC(C)(C)[NH2+]C4(C)C)c3ccccc3c2=O)cc1C. The number of nitrogens with zero attached hydrogens (tertiary/aromatic N) is 3. The molecule has 0 fully saturated rings. The quantitative estimate of drug-likeness (QED) is 0.373. The lowest BCUT2D eigenvalue weighted by Gasteiger charge is -2.38. The molecule has 2 aromatic heterocycles. The summed E-state index contributed by atoms with van der Waals surface area (Å²) < 4.78 is 1.33. The predicted molar refractivity (Wildman–Crippen MR) is 150 cm³/mol. The number of quaternary nitrogens is 1. The summed E-state index contributed by atoms with van der Waals surface area (Å²) in [6, 6.07) is 15.3. The number of rotatable bonds is 3. The van der Waals surface area contributed by atoms with Crippen LogP contribution in [-0.2, 0) is 12.0 Å². The number of fused-ring (bicyclic) bond motifs is 2. The molecule has 1 aliphatic heterocycles. The molecule has 3 N–H and O–H groups in total. The smallest absolute Gasteiger partial charge is 0.265 e. The average Bonchev–Trinajstić information content (AvgIpc) is 3.18. The van der Waals surface area contributed by atoms with Crippen LogP contribution in [0.3, 0.4) is 0 Å². The highest BCUT2D eigenvalue weighted by atomic mass is 32.1. The van der Waals surface area contributed by atoms with E-state index in [9.17, 15) is 15.2 Å². The Morgan fingerprint density at radius 2 is 1.81 bits per heavy atom. The third-order valence-corrected chi connectivity index (χ3v) is 8.71. The number of aliphatic imine (C=N–C) groups is 1. The molecule has 0 saturated carbocycles. The summed E-state index contributed by atoms with van der Waals surface area (Å²) in [5, 5.41) is 25.6. The monoisotopic (exact) mass is 511 g/mol. The Morgan fingerprint density at radius 1 is 1.11 bits per heavy atom. The van der Waals surface area contributed by atoms with E-state index in [4.69, 9.17) is 4.99 Å². The standard InChI is InChI=1S/C30H30N4O2S/c1-17-11-12-19(13-18(17)2)34-27(35)21-10-8-7-9-20(21)24(28(34)36)16-32-26-23(15-31)22-14-29(3,4)33-30(5,6)25(22)37-26/h7-13,16,33,36H,14H2,1-6H3/p+1/b32-16+. The van der Waals surface area contributed by atoms with Crippen LogP contribution in [-0.4, -0.2) is 21.4 Å². The Balaban J connectivity index is 1.72. The number of benzene rings is 2. The minimum atomic E-state index is -0.294. The van der Waals surface area contributed by atoms with E-state index in [-0.39, 0.29) is 22.5 Å². The van der Waals surface area contributed by atoms with Gasteiger partial charge >= 0.3 is 0 Å². The van der Waals surface area contributed by atoms with Crippen LogP contribution >= 0.6 is 11.3 Å². The summed E-state index contributed by atoms with van der Waals surface area (Å²) >= 11 is 1.53. The zero-order valence-electron chi connectivity index (χ0n) is 22.0. The van der Waals surface area contributed by atoms with Crippen molar-refractivity contribution in [2.75, 3.05) is 0 Å². The third-order valence-electron chi connectivity index (χ3n) is 7.23. The van der Waals surface area contributed by atoms with Crippen molar-refractivity contribution in [2.24, 2.45) is 4.99 Å². The molecule has 0 amide bonds. The second-order valence-electron chi connectivity index (χ2n) is 11.2. The lowest BCUT2D eigenvalue weighted by atomic mass is 9.81. The first kappa shape index (κ1) is 24.9. The van der Waals surface area contributed by atoms with E-state index < -0.39 is 0 Å². The molecular weight excluding hydrogens is 480 g/mol. The van der Waals surface area contributed by atoms with Gasteiger partial charge in [-0.05, 0) is 76.4 Å². The summed E-state index contributed by atoms with van der Waals surface area (Å²) in [6.07, 6.45) is 2.38. The van der Waals surface area contributed by atoms with Gasteiger partial charge in [0.25, 0.3) is 5.56 Å². The first-order valence-electron chi connectivity index (χ1n) is 12.4. The summed E-state index contributed by atoms with van der Waals surface area (Å²) in [5.41, 5.74) is 4.32. The van der Waals surface area contributed by atoms with Gasteiger partial charge in [0.1, 0.15) is 16.6 Å². The van der Waals surface area contributed by atoms with Gasteiger partial charge in [0.15, 0.2) is 0 Å². The van der Waals surface area contributed by atoms with Crippen molar-refractivity contribution >= 4 is 33.3 Å². The molecule has 37 heavy (non-hydrogen) atoms. The van der Waals surface area contributed by atoms with Crippen LogP contribution in [0, 0.1) is 25.2 Å². The number of thiophene rings is 1. The fourth-order valence-corrected chi connectivity index (χ4v) is 6.80. The molecule has 5 rings (SSSR count). The van der Waals surface area contributed by atoms with Crippen molar-refractivity contribution in [3.63, 3.8) is 0 Å². The van der Waals surface area contributed by atoms with Gasteiger partial charge in [-0.2, -0.15) is 5.26 Å². The molecule has 4 aromatic rings. The van der Waals surface area contributed by atoms with Gasteiger partial charge in [-0.1, -0.05) is 24.3 Å². The number of aromatic nitrogens is 1. The highest BCUT2D eigenvalue weighted by Crippen LogP contribution is 2.43. The molecule has 0 aliphatic carbocycles. The van der Waals surface area contributed by atoms with Gasteiger partial charge in [0.05, 0.1) is 27.2 Å². The van der Waals surface area contributed by atoms with Crippen LogP contribution < -0.4 is 10.9 Å². The van der Waals surface area contributed by atoms with Crippen molar-refractivity contribution in [1.29, 1.82) is 5.26 Å². The fraction of sp³-hybridized carbons (Fsp3) is 0.300. The van der Waals surface area contributed by atoms with Crippen molar-refractivity contribution in [3.8, 4) is 17.6 Å². The lowest BCUT2D eigenvalue weighted by Crippen LogP contribution is -3.03. The Bertz CT molecular complexity index is 1700. The first-order chi connectivity index (χ1) is 17.4. The maximum Gasteiger partial charge on any atom is 0.265 e. The van der Waals surface area contributed by atoms with Gasteiger partial charge in [-0.15, -0.1) is 11.3 Å². The van der Waals surface area contributed by atoms with Crippen LogP contribution in [0.2, 0.25) is 0 Å². The fourth-order valence-electron chi connectivity index (χ4n) is 5.61. The lowest BCUT2D eigenvalue weighted by molar-refractivity contribution is -0.789. The minimum absolute atomic E-state index is 0.0275. The molecule has 2 aromatic carbocycles. The van der Waals surface area contributed by atoms with E-state index in [1.165, 1.54) is 15.9 Å². The highest BCUT2D eigenvalue weighted by Gasteiger charge is 2.44. The molecule has 6 nitrogen and oxygen atoms in total. The average molecular weight is 512 g/mol. The Morgan fingerprint density at radius 3 is 2.49 bits per heavy atom. The van der Waals surface area contributed by atoms with Crippen molar-refractivity contribution in [2.45, 2.75) is 59.0 Å². The molecule has 0 spiro atoms. The van der Waals surface area contributed by atoms with Crippen LogP contribution in [0.25, 0.3) is 16.5 Å². The molecule has 0 atom stereocenters. The normalized spacial score (nSPS) is 16.1. The van der Waals surface area contributed by atoms with E-state index in [1.54, 1.807) is 12.3 Å². The van der Waals surface area contributed by atoms with Crippen molar-refractivity contribution in [3.05, 3.63) is 85.5 Å². The number of pyridine rings is 1. The zero-order valence-corrected chi connectivity index (χ0v) is 22.8. The molecule has 7 heteroatoms. The van der Waals surface area contributed by atoms with E-state index in [2.05, 4.69) is 39.1 Å². The summed E-state index contributed by atoms with van der Waals surface area (Å²) in [5.74, 6) is -0.176. The molecule has 0 radical (unpaired) electrons. The Kier molecular flexibility index (Phi) is 5.86. The molecule has 0 saturated heterocycles. The van der Waals surface area contributed by atoms with Gasteiger partial charge in [-0.25, -0.2) is 9.56 Å². The minimum Gasteiger partial charge on any atom is -0.494 e. The highest BCUT2D eigenvalue weighted by molar-refractivity contribution is 7.16. The van der Waals surface area contributed by atoms with Crippen LogP contribution in [0.1, 0.15) is 60.4 Å². The van der Waals surface area contributed by atoms with Crippen molar-refractivity contribution < 1.29 is 10.4 Å². The number of aromatic hydroxyl groups is 1. The second-order valence-corrected chi connectivity index (χ2v) is 12.2. The van der Waals surface area contributed by atoms with Gasteiger partial charge in [0.2, 0.25) is 5.88 Å². The second kappa shape index (κ2) is 8.69. The van der Waals surface area contributed by atoms with Crippen LogP contribution in [0.15, 0.2) is 52.3 Å². The molecular formula is C30H31N4O2S+. The third kappa shape index (κ3) is 4.16. The van der Waals surface area contributed by atoms with Gasteiger partial charge < -0.3 is 10.4 Å². The largest absolute Gasteiger partial charge is 0.494 e. The number of aryl methyl sites for hydroxylation is 2. The maximum absolute atomic E-state index is 13.5. The van der Waals surface area contributed by atoms with E-state index in [1.807, 2.05) is 50.2 Å². The van der Waals surface area contributed by atoms with Crippen LogP contribution in [0.5, 0.6) is 5.88 Å². The molecule has 1 aliphatic rings. The number of hydrogen-bond acceptors (Lipinski definition) is 5. The number of hydrogen-bond donors (Lipinski definition) is 2. The molecule has 3 heterocycles. The predicted octanol–water partition coefficient (Wildman–Crippen LogP) is 5.13. The Labute approximate surface area is 220 Å². The topological polar surface area (TPSA) is 95.0 Å². The van der Waals surface area contributed by atoms with E-state index in [0.717, 1.165) is 28.0 Å². The van der Waals surface area contributed by atoms with E-state index in [0.29, 0.717) is 32.6 Å². The maximum atomic E-state index is 13.5. The van der Waals surface area contributed by atoms with Crippen molar-refractivity contribution in [1.82, 2.24) is 4.57 Å². The molecule has 0 bridgehead atoms. The van der Waals surface area contributed by atoms with E-state index >= 15 is 0 Å². The van der Waals surface area contributed by atoms with Gasteiger partial charge in [0, 0.05) is 23.4 Å². The summed E-state index contributed by atoms with van der Waals surface area (Å²) in [4.78, 5) is 19.4. The number of nitriles is 1. The zero-order chi connectivity index (χ0) is 26.7. The first-order valence-corrected chi connectivity index (χ1v) is 13.2. The van der Waals surface area contributed by atoms with Gasteiger partial charge in [-0.3, -0.25) is 4.79 Å². The number of nitrogens with two attached hydrogens (primary N) is 1.